The fraction of sp³-hybridized carbons (Fsp3) is 0.818. The van der Waals surface area contributed by atoms with Crippen LogP contribution in [-0.2, 0) is 4.79 Å². The molecule has 1 unspecified atom stereocenters. The molecule has 0 radical (unpaired) electrons. The molecular formula is C11H18N2O. The minimum atomic E-state index is -0.823. The molecule has 3 nitrogen and oxygen atoms in total. The molecule has 1 aliphatic heterocycles. The van der Waals surface area contributed by atoms with Crippen LogP contribution in [0.3, 0.4) is 0 Å². The molecule has 0 aliphatic carbocycles. The highest BCUT2D eigenvalue weighted by Crippen LogP contribution is 2.33. The van der Waals surface area contributed by atoms with E-state index >= 15 is 0 Å². The van der Waals surface area contributed by atoms with Crippen LogP contribution in [0.15, 0.2) is 0 Å². The number of hydrogen-bond donors (Lipinski definition) is 0. The van der Waals surface area contributed by atoms with E-state index in [1.54, 1.807) is 11.8 Å². The zero-order valence-electron chi connectivity index (χ0n) is 9.42. The van der Waals surface area contributed by atoms with Crippen molar-refractivity contribution >= 4 is 5.91 Å². The van der Waals surface area contributed by atoms with E-state index in [1.165, 1.54) is 0 Å². The zero-order valence-corrected chi connectivity index (χ0v) is 9.42. The van der Waals surface area contributed by atoms with Gasteiger partial charge in [-0.2, -0.15) is 5.26 Å². The Morgan fingerprint density at radius 1 is 1.57 bits per heavy atom. The first-order valence-corrected chi connectivity index (χ1v) is 5.05. The van der Waals surface area contributed by atoms with Gasteiger partial charge in [0.25, 0.3) is 0 Å². The second kappa shape index (κ2) is 3.27. The number of nitriles is 1. The fourth-order valence-electron chi connectivity index (χ4n) is 1.76. The topological polar surface area (TPSA) is 44.1 Å². The van der Waals surface area contributed by atoms with Crippen molar-refractivity contribution in [2.75, 3.05) is 13.1 Å². The Labute approximate surface area is 85.7 Å². The molecule has 1 rings (SSSR count). The van der Waals surface area contributed by atoms with Gasteiger partial charge in [-0.25, -0.2) is 0 Å². The Kier molecular flexibility index (Phi) is 2.58. The summed E-state index contributed by atoms with van der Waals surface area (Å²) < 4.78 is 0. The Morgan fingerprint density at radius 2 is 2.07 bits per heavy atom. The Balaban J connectivity index is 2.65. The molecule has 14 heavy (non-hydrogen) atoms. The van der Waals surface area contributed by atoms with Crippen LogP contribution >= 0.6 is 0 Å². The predicted octanol–water partition coefficient (Wildman–Crippen LogP) is 1.79. The lowest BCUT2D eigenvalue weighted by molar-refractivity contribution is -0.149. The SMILES string of the molecule is CCC(C)(C#N)C(=O)N1CC(C)(C)C1. The molecule has 78 valence electrons. The lowest BCUT2D eigenvalue weighted by Crippen LogP contribution is -2.58. The van der Waals surface area contributed by atoms with E-state index in [2.05, 4.69) is 19.9 Å². The van der Waals surface area contributed by atoms with Gasteiger partial charge in [0.1, 0.15) is 5.41 Å². The van der Waals surface area contributed by atoms with E-state index < -0.39 is 5.41 Å². The molecule has 0 N–H and O–H groups in total. The van der Waals surface area contributed by atoms with Crippen molar-refractivity contribution in [2.24, 2.45) is 10.8 Å². The molecule has 0 spiro atoms. The van der Waals surface area contributed by atoms with E-state index in [-0.39, 0.29) is 11.3 Å². The standard InChI is InChI=1S/C11H18N2O/c1-5-11(4,6-12)9(14)13-7-10(2,3)8-13/h5,7-8H2,1-4H3. The van der Waals surface area contributed by atoms with Crippen molar-refractivity contribution in [3.05, 3.63) is 0 Å². The van der Waals surface area contributed by atoms with Crippen LogP contribution in [0.5, 0.6) is 0 Å². The number of rotatable bonds is 2. The summed E-state index contributed by atoms with van der Waals surface area (Å²) in [6.45, 7) is 9.43. The number of hydrogen-bond acceptors (Lipinski definition) is 2. The maximum atomic E-state index is 11.9. The van der Waals surface area contributed by atoms with Crippen molar-refractivity contribution < 1.29 is 4.79 Å². The molecular weight excluding hydrogens is 176 g/mol. The Morgan fingerprint density at radius 3 is 2.36 bits per heavy atom. The average molecular weight is 194 g/mol. The highest BCUT2D eigenvalue weighted by molar-refractivity contribution is 5.85. The number of carbonyl (C=O) groups is 1. The molecule has 1 aliphatic rings. The number of likely N-dealkylation sites (tertiary alicyclic amines) is 1. The first kappa shape index (κ1) is 11.0. The van der Waals surface area contributed by atoms with Crippen molar-refractivity contribution in [1.82, 2.24) is 4.90 Å². The summed E-state index contributed by atoms with van der Waals surface area (Å²) in [5.41, 5.74) is -0.587. The second-order valence-corrected chi connectivity index (χ2v) is 5.12. The van der Waals surface area contributed by atoms with Crippen LogP contribution in [0.25, 0.3) is 0 Å². The third-order valence-electron chi connectivity index (χ3n) is 2.95. The molecule has 1 fully saturated rings. The largest absolute Gasteiger partial charge is 0.340 e. The maximum Gasteiger partial charge on any atom is 0.242 e. The van der Waals surface area contributed by atoms with Crippen molar-refractivity contribution in [2.45, 2.75) is 34.1 Å². The highest BCUT2D eigenvalue weighted by atomic mass is 16.2. The van der Waals surface area contributed by atoms with Crippen LogP contribution < -0.4 is 0 Å². The lowest BCUT2D eigenvalue weighted by atomic mass is 9.80. The second-order valence-electron chi connectivity index (χ2n) is 5.12. The number of nitrogens with zero attached hydrogens (tertiary/aromatic N) is 2. The molecule has 0 aromatic heterocycles. The van der Waals surface area contributed by atoms with E-state index in [1.807, 2.05) is 6.92 Å². The maximum absolute atomic E-state index is 11.9. The molecule has 3 heteroatoms. The van der Waals surface area contributed by atoms with Crippen molar-refractivity contribution in [1.29, 1.82) is 5.26 Å². The van der Waals surface area contributed by atoms with Gasteiger partial charge in [0.2, 0.25) is 5.91 Å². The number of amides is 1. The van der Waals surface area contributed by atoms with Crippen LogP contribution in [0.4, 0.5) is 0 Å². The van der Waals surface area contributed by atoms with Gasteiger partial charge in [0.05, 0.1) is 6.07 Å². The summed E-state index contributed by atoms with van der Waals surface area (Å²) in [6.07, 6.45) is 0.583. The quantitative estimate of drug-likeness (QED) is 0.672. The molecule has 0 saturated carbocycles. The Hall–Kier alpha value is -1.04. The molecule has 1 heterocycles. The van der Waals surface area contributed by atoms with Gasteiger partial charge in [0, 0.05) is 13.1 Å². The van der Waals surface area contributed by atoms with Crippen LogP contribution in [0.2, 0.25) is 0 Å². The van der Waals surface area contributed by atoms with E-state index in [0.29, 0.717) is 6.42 Å². The van der Waals surface area contributed by atoms with Crippen molar-refractivity contribution in [3.63, 3.8) is 0 Å². The minimum absolute atomic E-state index is 0.0122. The van der Waals surface area contributed by atoms with Gasteiger partial charge >= 0.3 is 0 Å². The van der Waals surface area contributed by atoms with Crippen LogP contribution in [0.1, 0.15) is 34.1 Å². The molecule has 0 aromatic rings. The zero-order chi connectivity index (χ0) is 11.0. The normalized spacial score (nSPS) is 23.2. The smallest absolute Gasteiger partial charge is 0.242 e. The summed E-state index contributed by atoms with van der Waals surface area (Å²) in [7, 11) is 0. The van der Waals surface area contributed by atoms with Gasteiger partial charge in [-0.1, -0.05) is 20.8 Å². The Bertz CT molecular complexity index is 282. The summed E-state index contributed by atoms with van der Waals surface area (Å²) in [4.78, 5) is 13.7. The van der Waals surface area contributed by atoms with E-state index in [4.69, 9.17) is 5.26 Å². The third-order valence-corrected chi connectivity index (χ3v) is 2.95. The van der Waals surface area contributed by atoms with Gasteiger partial charge in [-0.05, 0) is 18.8 Å². The van der Waals surface area contributed by atoms with Gasteiger partial charge in [-0.15, -0.1) is 0 Å². The van der Waals surface area contributed by atoms with Gasteiger partial charge in [0.15, 0.2) is 0 Å². The lowest BCUT2D eigenvalue weighted by Gasteiger charge is -2.47. The minimum Gasteiger partial charge on any atom is -0.340 e. The summed E-state index contributed by atoms with van der Waals surface area (Å²) in [5.74, 6) is -0.0122. The monoisotopic (exact) mass is 194 g/mol. The fourth-order valence-corrected chi connectivity index (χ4v) is 1.76. The summed E-state index contributed by atoms with van der Waals surface area (Å²) >= 11 is 0. The molecule has 1 atom stereocenters. The number of carbonyl (C=O) groups excluding carboxylic acids is 1. The van der Waals surface area contributed by atoms with E-state index in [0.717, 1.165) is 13.1 Å². The molecule has 1 amide bonds. The first-order valence-electron chi connectivity index (χ1n) is 5.05. The third kappa shape index (κ3) is 1.75. The first-order chi connectivity index (χ1) is 6.34. The molecule has 1 saturated heterocycles. The molecule has 0 aromatic carbocycles. The average Bonchev–Trinajstić information content (AvgIpc) is 2.11. The van der Waals surface area contributed by atoms with Gasteiger partial charge < -0.3 is 4.90 Å². The summed E-state index contributed by atoms with van der Waals surface area (Å²) in [6, 6.07) is 2.11. The highest BCUT2D eigenvalue weighted by Gasteiger charge is 2.43. The van der Waals surface area contributed by atoms with Crippen molar-refractivity contribution in [3.8, 4) is 6.07 Å². The predicted molar refractivity (Wildman–Crippen MR) is 54.4 cm³/mol. The molecule has 0 bridgehead atoms. The van der Waals surface area contributed by atoms with Gasteiger partial charge in [-0.3, -0.25) is 4.79 Å². The van der Waals surface area contributed by atoms with Crippen LogP contribution in [0, 0.1) is 22.2 Å². The van der Waals surface area contributed by atoms with Crippen LogP contribution in [-0.4, -0.2) is 23.9 Å². The summed E-state index contributed by atoms with van der Waals surface area (Å²) in [5, 5.41) is 8.96. The van der Waals surface area contributed by atoms with E-state index in [9.17, 15) is 4.79 Å².